The predicted molar refractivity (Wildman–Crippen MR) is 111 cm³/mol. The van der Waals surface area contributed by atoms with Crippen molar-refractivity contribution in [3.63, 3.8) is 0 Å². The van der Waals surface area contributed by atoms with E-state index in [1.54, 1.807) is 0 Å². The van der Waals surface area contributed by atoms with E-state index in [2.05, 4.69) is 5.32 Å². The molecule has 0 saturated carbocycles. The van der Waals surface area contributed by atoms with Crippen molar-refractivity contribution in [3.05, 3.63) is 61.1 Å². The lowest BCUT2D eigenvalue weighted by atomic mass is 10.2. The summed E-state index contributed by atoms with van der Waals surface area (Å²) in [6, 6.07) is 5.36. The Morgan fingerprint density at radius 1 is 1.10 bits per heavy atom. The van der Waals surface area contributed by atoms with Crippen molar-refractivity contribution in [1.29, 1.82) is 0 Å². The van der Waals surface area contributed by atoms with Gasteiger partial charge in [0.2, 0.25) is 0 Å². The SMILES string of the molecule is C[C@@H](OC(=O)c1ccc(S(C)(=O)=O)c([N+](=O)[O-])c1)C(=O)Nc1cc(Cl)c(Cl)cc1Cl. The Hall–Kier alpha value is -2.40. The summed E-state index contributed by atoms with van der Waals surface area (Å²) in [6.07, 6.45) is -0.523. The van der Waals surface area contributed by atoms with Crippen LogP contribution in [0.2, 0.25) is 15.1 Å². The summed E-state index contributed by atoms with van der Waals surface area (Å²) in [6.45, 7) is 1.26. The minimum atomic E-state index is -3.89. The van der Waals surface area contributed by atoms with Crippen LogP contribution in [0.15, 0.2) is 35.2 Å². The minimum Gasteiger partial charge on any atom is -0.449 e. The number of nitro groups is 1. The van der Waals surface area contributed by atoms with E-state index < -0.39 is 43.3 Å². The molecular formula is C17H13Cl3N2O7S. The van der Waals surface area contributed by atoms with Crippen LogP contribution in [0, 0.1) is 10.1 Å². The maximum Gasteiger partial charge on any atom is 0.339 e. The molecule has 1 N–H and O–H groups in total. The fourth-order valence-corrected chi connectivity index (χ4v) is 3.66. The van der Waals surface area contributed by atoms with Crippen LogP contribution in [-0.4, -0.2) is 37.6 Å². The van der Waals surface area contributed by atoms with Crippen LogP contribution < -0.4 is 5.32 Å². The van der Waals surface area contributed by atoms with E-state index in [0.717, 1.165) is 24.5 Å². The largest absolute Gasteiger partial charge is 0.449 e. The van der Waals surface area contributed by atoms with E-state index in [1.165, 1.54) is 19.1 Å². The van der Waals surface area contributed by atoms with Gasteiger partial charge in [0, 0.05) is 12.3 Å². The molecule has 0 aliphatic rings. The number of hydrogen-bond acceptors (Lipinski definition) is 7. The number of nitro benzene ring substituents is 1. The first-order chi connectivity index (χ1) is 13.8. The highest BCUT2D eigenvalue weighted by Crippen LogP contribution is 2.32. The van der Waals surface area contributed by atoms with Crippen molar-refractivity contribution >= 4 is 67.9 Å². The Morgan fingerprint density at radius 2 is 1.70 bits per heavy atom. The van der Waals surface area contributed by atoms with Gasteiger partial charge >= 0.3 is 5.97 Å². The van der Waals surface area contributed by atoms with E-state index in [9.17, 15) is 28.1 Å². The Kier molecular flexibility index (Phi) is 7.30. The van der Waals surface area contributed by atoms with Crippen LogP contribution in [0.5, 0.6) is 0 Å². The Morgan fingerprint density at radius 3 is 2.27 bits per heavy atom. The van der Waals surface area contributed by atoms with Crippen LogP contribution in [0.3, 0.4) is 0 Å². The fourth-order valence-electron chi connectivity index (χ4n) is 2.24. The van der Waals surface area contributed by atoms with Gasteiger partial charge in [0.25, 0.3) is 11.6 Å². The molecule has 0 aliphatic carbocycles. The van der Waals surface area contributed by atoms with Gasteiger partial charge in [-0.1, -0.05) is 34.8 Å². The molecule has 160 valence electrons. The van der Waals surface area contributed by atoms with E-state index in [0.29, 0.717) is 0 Å². The van der Waals surface area contributed by atoms with Crippen LogP contribution in [0.25, 0.3) is 0 Å². The third-order valence-electron chi connectivity index (χ3n) is 3.71. The maximum atomic E-state index is 12.3. The van der Waals surface area contributed by atoms with Gasteiger partial charge in [0.1, 0.15) is 4.90 Å². The molecule has 0 unspecified atom stereocenters. The molecule has 0 radical (unpaired) electrons. The molecular weight excluding hydrogens is 483 g/mol. The molecule has 0 aromatic heterocycles. The summed E-state index contributed by atoms with van der Waals surface area (Å²) in [4.78, 5) is 34.2. The molecule has 0 spiro atoms. The van der Waals surface area contributed by atoms with Crippen molar-refractivity contribution in [2.45, 2.75) is 17.9 Å². The highest BCUT2D eigenvalue weighted by atomic mass is 35.5. The number of rotatable bonds is 6. The Bertz CT molecular complexity index is 1150. The van der Waals surface area contributed by atoms with Crippen LogP contribution in [0.1, 0.15) is 17.3 Å². The number of carbonyl (C=O) groups excluding carboxylic acids is 2. The zero-order chi connectivity index (χ0) is 22.8. The molecule has 9 nitrogen and oxygen atoms in total. The van der Waals surface area contributed by atoms with E-state index >= 15 is 0 Å². The summed E-state index contributed by atoms with van der Waals surface area (Å²) in [7, 11) is -3.89. The summed E-state index contributed by atoms with van der Waals surface area (Å²) in [5, 5.41) is 14.0. The lowest BCUT2D eigenvalue weighted by Crippen LogP contribution is -2.30. The molecule has 2 rings (SSSR count). The van der Waals surface area contributed by atoms with Gasteiger partial charge in [-0.3, -0.25) is 14.9 Å². The van der Waals surface area contributed by atoms with E-state index in [-0.39, 0.29) is 26.3 Å². The van der Waals surface area contributed by atoms with Crippen molar-refractivity contribution < 1.29 is 27.7 Å². The molecule has 13 heteroatoms. The quantitative estimate of drug-likeness (QED) is 0.275. The molecule has 0 heterocycles. The second-order valence-electron chi connectivity index (χ2n) is 5.99. The fraction of sp³-hybridized carbons (Fsp3) is 0.176. The van der Waals surface area contributed by atoms with Crippen molar-refractivity contribution in [1.82, 2.24) is 0 Å². The zero-order valence-electron chi connectivity index (χ0n) is 15.3. The molecule has 1 atom stereocenters. The number of carbonyl (C=O) groups is 2. The molecule has 2 aromatic rings. The van der Waals surface area contributed by atoms with Gasteiger partial charge in [-0.2, -0.15) is 0 Å². The number of sulfone groups is 1. The number of anilines is 1. The topological polar surface area (TPSA) is 133 Å². The summed E-state index contributed by atoms with van der Waals surface area (Å²) in [5.41, 5.74) is -0.958. The third-order valence-corrected chi connectivity index (χ3v) is 5.89. The van der Waals surface area contributed by atoms with Gasteiger partial charge in [-0.05, 0) is 31.2 Å². The number of nitrogens with one attached hydrogen (secondary N) is 1. The first kappa shape index (κ1) is 23.9. The first-order valence-electron chi connectivity index (χ1n) is 7.96. The third kappa shape index (κ3) is 5.60. The highest BCUT2D eigenvalue weighted by molar-refractivity contribution is 7.90. The lowest BCUT2D eigenvalue weighted by molar-refractivity contribution is -0.387. The first-order valence-corrected chi connectivity index (χ1v) is 11.0. The standard InChI is InChI=1S/C17H13Cl3N2O7S/c1-8(16(23)21-13-7-11(19)10(18)6-12(13)20)29-17(24)9-3-4-15(30(2,27)28)14(5-9)22(25)26/h3-8H,1-2H3,(H,21,23)/t8-/m1/s1. The van der Waals surface area contributed by atoms with Gasteiger partial charge in [-0.15, -0.1) is 0 Å². The molecule has 30 heavy (non-hydrogen) atoms. The van der Waals surface area contributed by atoms with Crippen LogP contribution in [-0.2, 0) is 19.4 Å². The Labute approximate surface area is 185 Å². The van der Waals surface area contributed by atoms with Gasteiger partial charge < -0.3 is 10.1 Å². The van der Waals surface area contributed by atoms with Crippen LogP contribution >= 0.6 is 34.8 Å². The molecule has 2 aromatic carbocycles. The normalized spacial score (nSPS) is 12.2. The lowest BCUT2D eigenvalue weighted by Gasteiger charge is -2.15. The van der Waals surface area contributed by atoms with Crippen LogP contribution in [0.4, 0.5) is 11.4 Å². The maximum absolute atomic E-state index is 12.3. The second kappa shape index (κ2) is 9.17. The smallest absolute Gasteiger partial charge is 0.339 e. The summed E-state index contributed by atoms with van der Waals surface area (Å²) < 4.78 is 28.3. The minimum absolute atomic E-state index is 0.100. The molecule has 0 fully saturated rings. The average molecular weight is 496 g/mol. The number of hydrogen-bond donors (Lipinski definition) is 1. The number of benzene rings is 2. The summed E-state index contributed by atoms with van der Waals surface area (Å²) in [5.74, 6) is -1.83. The Balaban J connectivity index is 2.19. The van der Waals surface area contributed by atoms with E-state index in [4.69, 9.17) is 39.5 Å². The average Bonchev–Trinajstić information content (AvgIpc) is 2.64. The van der Waals surface area contributed by atoms with Gasteiger partial charge in [0.05, 0.1) is 31.2 Å². The van der Waals surface area contributed by atoms with Gasteiger partial charge in [-0.25, -0.2) is 13.2 Å². The number of esters is 1. The van der Waals surface area contributed by atoms with Crippen molar-refractivity contribution in [2.75, 3.05) is 11.6 Å². The number of nitrogens with zero attached hydrogens (tertiary/aromatic N) is 1. The molecule has 0 saturated heterocycles. The van der Waals surface area contributed by atoms with Gasteiger partial charge in [0.15, 0.2) is 15.9 Å². The second-order valence-corrected chi connectivity index (χ2v) is 9.20. The van der Waals surface area contributed by atoms with E-state index in [1.807, 2.05) is 0 Å². The molecule has 1 amide bonds. The van der Waals surface area contributed by atoms with Crippen molar-refractivity contribution in [2.24, 2.45) is 0 Å². The number of halogens is 3. The highest BCUT2D eigenvalue weighted by Gasteiger charge is 2.26. The zero-order valence-corrected chi connectivity index (χ0v) is 18.4. The summed E-state index contributed by atoms with van der Waals surface area (Å²) >= 11 is 17.7. The van der Waals surface area contributed by atoms with Crippen molar-refractivity contribution in [3.8, 4) is 0 Å². The molecule has 0 bridgehead atoms. The predicted octanol–water partition coefficient (Wildman–Crippen LogP) is 4.14. The number of amides is 1. The monoisotopic (exact) mass is 494 g/mol. The molecule has 0 aliphatic heterocycles. The number of ether oxygens (including phenoxy) is 1.